The van der Waals surface area contributed by atoms with Crippen LogP contribution in [-0.2, 0) is 14.6 Å². The van der Waals surface area contributed by atoms with Crippen molar-refractivity contribution in [1.82, 2.24) is 10.2 Å². The fraction of sp³-hybridized carbons (Fsp3) is 0.160. The Morgan fingerprint density at radius 1 is 1.14 bits per heavy atom. The second kappa shape index (κ2) is 9.13. The molecule has 36 heavy (non-hydrogen) atoms. The van der Waals surface area contributed by atoms with Crippen LogP contribution in [0.3, 0.4) is 0 Å². The first-order valence-corrected chi connectivity index (χ1v) is 13.4. The second-order valence-corrected chi connectivity index (χ2v) is 11.2. The lowest BCUT2D eigenvalue weighted by Crippen LogP contribution is -2.24. The quantitative estimate of drug-likeness (QED) is 0.359. The number of rotatable bonds is 5. The predicted molar refractivity (Wildman–Crippen MR) is 137 cm³/mol. The summed E-state index contributed by atoms with van der Waals surface area (Å²) in [7, 11) is -3.46. The molecule has 1 saturated heterocycles. The molecule has 1 N–H and O–H groups in total. The van der Waals surface area contributed by atoms with E-state index in [4.69, 9.17) is 27.9 Å². The molecule has 1 atom stereocenters. The Bertz CT molecular complexity index is 1680. The third-order valence-electron chi connectivity index (χ3n) is 6.04. The van der Waals surface area contributed by atoms with Crippen molar-refractivity contribution in [2.45, 2.75) is 17.4 Å². The van der Waals surface area contributed by atoms with Gasteiger partial charge in [0.1, 0.15) is 11.8 Å². The minimum absolute atomic E-state index is 0.0430. The van der Waals surface area contributed by atoms with Crippen LogP contribution in [0.5, 0.6) is 11.5 Å². The number of nitriles is 1. The van der Waals surface area contributed by atoms with Gasteiger partial charge in [0.15, 0.2) is 20.6 Å². The zero-order valence-electron chi connectivity index (χ0n) is 18.8. The summed E-state index contributed by atoms with van der Waals surface area (Å²) in [5.41, 5.74) is 2.20. The summed E-state index contributed by atoms with van der Waals surface area (Å²) in [4.78, 5) is 14.6. The molecule has 1 amide bonds. The Morgan fingerprint density at radius 2 is 1.94 bits per heavy atom. The fourth-order valence-corrected chi connectivity index (χ4v) is 5.42. The molecule has 0 unspecified atom stereocenters. The van der Waals surface area contributed by atoms with Crippen LogP contribution >= 0.6 is 23.2 Å². The number of nitrogens with one attached hydrogen (secondary N) is 1. The zero-order valence-corrected chi connectivity index (χ0v) is 21.2. The van der Waals surface area contributed by atoms with Gasteiger partial charge in [-0.3, -0.25) is 9.89 Å². The van der Waals surface area contributed by atoms with Gasteiger partial charge in [-0.15, -0.1) is 0 Å². The van der Waals surface area contributed by atoms with E-state index in [9.17, 15) is 18.5 Å². The average Bonchev–Trinajstić information content (AvgIpc) is 3.44. The standard InChI is InChI=1S/C25H18Cl2N4O4S/c1-36(33,34)25-18-7-6-17(11-21(18)29-30-25)31-13-16(10-23(31)32)14-5-8-19(26)22(9-14)35-24-15(12-28)3-2-4-20(24)27/h2-9,11,16H,10,13H2,1H3,(H,29,30)/t16-/m0/s1. The van der Waals surface area contributed by atoms with Crippen molar-refractivity contribution in [2.24, 2.45) is 0 Å². The molecule has 0 radical (unpaired) electrons. The first-order valence-electron chi connectivity index (χ1n) is 10.8. The van der Waals surface area contributed by atoms with Crippen LogP contribution in [0.25, 0.3) is 10.9 Å². The van der Waals surface area contributed by atoms with Crippen LogP contribution < -0.4 is 9.64 Å². The van der Waals surface area contributed by atoms with Gasteiger partial charge in [0.05, 0.1) is 21.1 Å². The molecule has 1 fully saturated rings. The number of fused-ring (bicyclic) bond motifs is 1. The van der Waals surface area contributed by atoms with E-state index in [-0.39, 0.29) is 39.6 Å². The van der Waals surface area contributed by atoms with Gasteiger partial charge in [0, 0.05) is 36.2 Å². The van der Waals surface area contributed by atoms with Crippen molar-refractivity contribution in [2.75, 3.05) is 17.7 Å². The van der Waals surface area contributed by atoms with Crippen molar-refractivity contribution in [3.8, 4) is 17.6 Å². The van der Waals surface area contributed by atoms with Crippen molar-refractivity contribution in [3.05, 3.63) is 75.8 Å². The molecule has 0 bridgehead atoms. The number of aromatic nitrogens is 2. The van der Waals surface area contributed by atoms with Crippen LogP contribution in [0.1, 0.15) is 23.5 Å². The topological polar surface area (TPSA) is 116 Å². The summed E-state index contributed by atoms with van der Waals surface area (Å²) in [6.07, 6.45) is 1.38. The number of hydrogen-bond acceptors (Lipinski definition) is 6. The summed E-state index contributed by atoms with van der Waals surface area (Å²) < 4.78 is 29.8. The van der Waals surface area contributed by atoms with E-state index in [0.29, 0.717) is 33.9 Å². The predicted octanol–water partition coefficient (Wildman–Crippen LogP) is 5.46. The molecule has 0 aliphatic carbocycles. The minimum Gasteiger partial charge on any atom is -0.453 e. The summed E-state index contributed by atoms with van der Waals surface area (Å²) in [5.74, 6) is 0.329. The number of nitrogens with zero attached hydrogens (tertiary/aromatic N) is 3. The van der Waals surface area contributed by atoms with Gasteiger partial charge < -0.3 is 9.64 Å². The number of carbonyl (C=O) groups is 1. The van der Waals surface area contributed by atoms with Crippen molar-refractivity contribution < 1.29 is 17.9 Å². The van der Waals surface area contributed by atoms with Crippen LogP contribution in [-0.4, -0.2) is 37.3 Å². The summed E-state index contributed by atoms with van der Waals surface area (Å²) in [6, 6.07) is 17.3. The number of benzene rings is 3. The van der Waals surface area contributed by atoms with E-state index in [1.54, 1.807) is 53.4 Å². The maximum absolute atomic E-state index is 12.9. The maximum atomic E-state index is 12.9. The van der Waals surface area contributed by atoms with Gasteiger partial charge in [-0.05, 0) is 48.0 Å². The number of para-hydroxylation sites is 1. The third-order valence-corrected chi connectivity index (χ3v) is 7.70. The lowest BCUT2D eigenvalue weighted by molar-refractivity contribution is -0.117. The van der Waals surface area contributed by atoms with E-state index < -0.39 is 9.84 Å². The number of carbonyl (C=O) groups excluding carboxylic acids is 1. The summed E-state index contributed by atoms with van der Waals surface area (Å²) in [6.45, 7) is 0.407. The smallest absolute Gasteiger partial charge is 0.227 e. The van der Waals surface area contributed by atoms with Crippen LogP contribution in [0.4, 0.5) is 5.69 Å². The number of aromatic amines is 1. The van der Waals surface area contributed by atoms with Crippen LogP contribution in [0.2, 0.25) is 10.0 Å². The molecule has 1 aliphatic heterocycles. The number of hydrogen-bond donors (Lipinski definition) is 1. The highest BCUT2D eigenvalue weighted by molar-refractivity contribution is 7.90. The van der Waals surface area contributed by atoms with E-state index >= 15 is 0 Å². The van der Waals surface area contributed by atoms with Gasteiger partial charge in [-0.25, -0.2) is 8.42 Å². The van der Waals surface area contributed by atoms with Gasteiger partial charge in [-0.2, -0.15) is 10.4 Å². The lowest BCUT2D eigenvalue weighted by atomic mass is 9.98. The summed E-state index contributed by atoms with van der Waals surface area (Å²) >= 11 is 12.6. The third kappa shape index (κ3) is 4.39. The lowest BCUT2D eigenvalue weighted by Gasteiger charge is -2.18. The molecule has 1 aliphatic rings. The Balaban J connectivity index is 1.42. The second-order valence-electron chi connectivity index (χ2n) is 8.45. The molecule has 8 nitrogen and oxygen atoms in total. The van der Waals surface area contributed by atoms with Crippen molar-refractivity contribution in [3.63, 3.8) is 0 Å². The molecule has 0 saturated carbocycles. The molecular formula is C25H18Cl2N4O4S. The first-order chi connectivity index (χ1) is 17.2. The molecule has 11 heteroatoms. The normalized spacial score (nSPS) is 15.9. The van der Waals surface area contributed by atoms with Gasteiger partial charge >= 0.3 is 0 Å². The highest BCUT2D eigenvalue weighted by Crippen LogP contribution is 2.40. The monoisotopic (exact) mass is 540 g/mol. The number of H-pyrrole nitrogens is 1. The van der Waals surface area contributed by atoms with Crippen LogP contribution in [0.15, 0.2) is 59.6 Å². The molecule has 4 aromatic rings. The molecule has 0 spiro atoms. The van der Waals surface area contributed by atoms with Gasteiger partial charge in [-0.1, -0.05) is 35.3 Å². The SMILES string of the molecule is CS(=O)(=O)c1[nH]nc2cc(N3C[C@@H](c4ccc(Cl)c(Oc5c(Cl)cccc5C#N)c4)CC3=O)ccc12. The Kier molecular flexibility index (Phi) is 6.12. The summed E-state index contributed by atoms with van der Waals surface area (Å²) in [5, 5.41) is 17.2. The molecular weight excluding hydrogens is 523 g/mol. The molecule has 2 heterocycles. The van der Waals surface area contributed by atoms with Crippen LogP contribution in [0, 0.1) is 11.3 Å². The number of halogens is 2. The first kappa shape index (κ1) is 24.1. The molecule has 182 valence electrons. The van der Waals surface area contributed by atoms with E-state index in [1.807, 2.05) is 6.07 Å². The Labute approximate surface area is 216 Å². The number of ether oxygens (including phenoxy) is 1. The molecule has 1 aromatic heterocycles. The molecule has 5 rings (SSSR count). The number of sulfone groups is 1. The highest BCUT2D eigenvalue weighted by atomic mass is 35.5. The molecule has 3 aromatic carbocycles. The number of amides is 1. The largest absolute Gasteiger partial charge is 0.453 e. The Morgan fingerprint density at radius 3 is 2.69 bits per heavy atom. The zero-order chi connectivity index (χ0) is 25.6. The maximum Gasteiger partial charge on any atom is 0.227 e. The van der Waals surface area contributed by atoms with Crippen molar-refractivity contribution in [1.29, 1.82) is 5.26 Å². The fourth-order valence-electron chi connectivity index (χ4n) is 4.27. The van der Waals surface area contributed by atoms with E-state index in [1.165, 1.54) is 0 Å². The minimum atomic E-state index is -3.46. The highest BCUT2D eigenvalue weighted by Gasteiger charge is 2.32. The Hall–Kier alpha value is -3.58. The van der Waals surface area contributed by atoms with E-state index in [0.717, 1.165) is 11.8 Å². The van der Waals surface area contributed by atoms with Gasteiger partial charge in [0.2, 0.25) is 5.91 Å². The van der Waals surface area contributed by atoms with Gasteiger partial charge in [0.25, 0.3) is 0 Å². The average molecular weight is 541 g/mol. The van der Waals surface area contributed by atoms with E-state index in [2.05, 4.69) is 16.3 Å². The van der Waals surface area contributed by atoms with Crippen molar-refractivity contribution >= 4 is 55.5 Å². The number of anilines is 1.